The summed E-state index contributed by atoms with van der Waals surface area (Å²) in [5, 5.41) is 16.2. The van der Waals surface area contributed by atoms with Crippen LogP contribution in [0.15, 0.2) is 61.2 Å². The number of anilines is 3. The van der Waals surface area contributed by atoms with Crippen molar-refractivity contribution in [3.63, 3.8) is 0 Å². The van der Waals surface area contributed by atoms with Gasteiger partial charge in [-0.3, -0.25) is 4.79 Å². The number of aryl methyl sites for hydroxylation is 1. The number of hydrogen-bond donors (Lipinski definition) is 3. The van der Waals surface area contributed by atoms with E-state index in [2.05, 4.69) is 20.0 Å². The number of carbonyl (C=O) groups excluding carboxylic acids is 1. The highest BCUT2D eigenvalue weighted by molar-refractivity contribution is 7.10. The maximum atomic E-state index is 14.9. The summed E-state index contributed by atoms with van der Waals surface area (Å²) in [6, 6.07) is 14.0. The van der Waals surface area contributed by atoms with E-state index in [0.717, 1.165) is 23.0 Å². The number of halogens is 1. The number of nitrogens with two attached hydrogens (primary N) is 1. The Bertz CT molecular complexity index is 1360. The van der Waals surface area contributed by atoms with Crippen molar-refractivity contribution in [1.82, 2.24) is 13.9 Å². The molecule has 1 atom stereocenters. The summed E-state index contributed by atoms with van der Waals surface area (Å²) in [7, 11) is 0. The van der Waals surface area contributed by atoms with Crippen molar-refractivity contribution < 1.29 is 9.18 Å². The average Bonchev–Trinajstić information content (AvgIpc) is 3.48. The van der Waals surface area contributed by atoms with E-state index < -0.39 is 17.3 Å². The van der Waals surface area contributed by atoms with Crippen LogP contribution in [0.5, 0.6) is 0 Å². The summed E-state index contributed by atoms with van der Waals surface area (Å²) in [4.78, 5) is 16.5. The summed E-state index contributed by atoms with van der Waals surface area (Å²) >= 11 is 1.23. The number of carbonyl (C=O) groups is 1. The minimum Gasteiger partial charge on any atom is -0.369 e. The van der Waals surface area contributed by atoms with Crippen LogP contribution in [-0.4, -0.2) is 25.4 Å². The van der Waals surface area contributed by atoms with Gasteiger partial charge in [-0.2, -0.15) is 9.64 Å². The molecular weight excluding hydrogens is 453 g/mol. The lowest BCUT2D eigenvalue weighted by Gasteiger charge is -2.29. The molecule has 172 valence electrons. The highest BCUT2D eigenvalue weighted by Gasteiger charge is 2.32. The third-order valence-electron chi connectivity index (χ3n) is 5.36. The highest BCUT2D eigenvalue weighted by atomic mass is 32.1. The Kier molecular flexibility index (Phi) is 6.30. The maximum absolute atomic E-state index is 14.9. The summed E-state index contributed by atoms with van der Waals surface area (Å²) in [6.07, 6.45) is 5.43. The first kappa shape index (κ1) is 22.9. The Balaban J connectivity index is 1.60. The number of benzene rings is 2. The second-order valence-corrected chi connectivity index (χ2v) is 8.89. The topological polar surface area (TPSA) is 122 Å². The van der Waals surface area contributed by atoms with Crippen molar-refractivity contribution in [1.29, 1.82) is 5.26 Å². The fraction of sp³-hybridized carbons (Fsp3) is 0.167. The minimum atomic E-state index is -1.29. The van der Waals surface area contributed by atoms with Gasteiger partial charge in [-0.15, -0.1) is 0 Å². The molecule has 2 aromatic carbocycles. The molecule has 4 aromatic rings. The van der Waals surface area contributed by atoms with E-state index in [4.69, 9.17) is 5.73 Å². The fourth-order valence-electron chi connectivity index (χ4n) is 3.52. The van der Waals surface area contributed by atoms with Crippen molar-refractivity contribution in [2.24, 2.45) is 5.73 Å². The van der Waals surface area contributed by atoms with Crippen LogP contribution in [0, 0.1) is 24.1 Å². The molecule has 0 unspecified atom stereocenters. The minimum absolute atomic E-state index is 0.0547. The van der Waals surface area contributed by atoms with Crippen LogP contribution in [0.3, 0.4) is 0 Å². The number of aromatic nitrogens is 3. The molecule has 10 heteroatoms. The van der Waals surface area contributed by atoms with Crippen molar-refractivity contribution in [3.05, 3.63) is 83.8 Å². The van der Waals surface area contributed by atoms with Gasteiger partial charge in [-0.1, -0.05) is 12.1 Å². The number of imidazole rings is 1. The first-order chi connectivity index (χ1) is 16.3. The number of nitrogens with zero attached hydrogens (tertiary/aromatic N) is 4. The van der Waals surface area contributed by atoms with Gasteiger partial charge in [0.1, 0.15) is 22.4 Å². The maximum Gasteiger partial charge on any atom is 0.243 e. The highest BCUT2D eigenvalue weighted by Crippen LogP contribution is 2.31. The van der Waals surface area contributed by atoms with E-state index in [-0.39, 0.29) is 17.7 Å². The third-order valence-corrected chi connectivity index (χ3v) is 6.16. The summed E-state index contributed by atoms with van der Waals surface area (Å²) in [5.41, 5.74) is 7.61. The molecule has 4 rings (SSSR count). The van der Waals surface area contributed by atoms with Crippen LogP contribution in [0.4, 0.5) is 20.8 Å². The first-order valence-electron chi connectivity index (χ1n) is 10.4. The third kappa shape index (κ3) is 4.89. The van der Waals surface area contributed by atoms with Gasteiger partial charge in [-0.05, 0) is 61.3 Å². The van der Waals surface area contributed by atoms with Gasteiger partial charge in [0.25, 0.3) is 0 Å². The van der Waals surface area contributed by atoms with E-state index in [1.165, 1.54) is 17.6 Å². The second kappa shape index (κ2) is 9.33. The van der Waals surface area contributed by atoms with Crippen LogP contribution in [-0.2, 0) is 11.2 Å². The van der Waals surface area contributed by atoms with Crippen LogP contribution in [0.1, 0.15) is 23.7 Å². The first-order valence-corrected chi connectivity index (χ1v) is 11.1. The Labute approximate surface area is 200 Å². The molecular formula is C24H22FN7OS. The summed E-state index contributed by atoms with van der Waals surface area (Å²) in [5.74, 6) is -1.30. The number of nitriles is 1. The fourth-order valence-corrected chi connectivity index (χ4v) is 4.19. The zero-order valence-corrected chi connectivity index (χ0v) is 19.4. The molecule has 0 fully saturated rings. The molecule has 0 bridgehead atoms. The quantitative estimate of drug-likeness (QED) is 0.349. The second-order valence-electron chi connectivity index (χ2n) is 8.08. The predicted octanol–water partition coefficient (Wildman–Crippen LogP) is 4.29. The van der Waals surface area contributed by atoms with Crippen LogP contribution in [0.25, 0.3) is 5.69 Å². The molecule has 1 amide bonds. The molecule has 2 heterocycles. The molecule has 0 aliphatic carbocycles. The Morgan fingerprint density at radius 2 is 2.03 bits per heavy atom. The molecule has 0 aliphatic heterocycles. The van der Waals surface area contributed by atoms with E-state index in [9.17, 15) is 14.4 Å². The van der Waals surface area contributed by atoms with Crippen LogP contribution in [0.2, 0.25) is 0 Å². The predicted molar refractivity (Wildman–Crippen MR) is 130 cm³/mol. The molecule has 8 nitrogen and oxygen atoms in total. The molecule has 0 spiro atoms. The Hall–Kier alpha value is -4.23. The van der Waals surface area contributed by atoms with Gasteiger partial charge in [0, 0.05) is 24.5 Å². The summed E-state index contributed by atoms with van der Waals surface area (Å²) in [6.45, 7) is 3.47. The summed E-state index contributed by atoms with van der Waals surface area (Å²) < 4.78 is 21.0. The lowest BCUT2D eigenvalue weighted by Crippen LogP contribution is -2.49. The van der Waals surface area contributed by atoms with E-state index >= 15 is 0 Å². The number of rotatable bonds is 8. The molecule has 4 N–H and O–H groups in total. The van der Waals surface area contributed by atoms with Gasteiger partial charge < -0.3 is 20.9 Å². The molecule has 0 radical (unpaired) electrons. The Morgan fingerprint density at radius 3 is 2.62 bits per heavy atom. The smallest absolute Gasteiger partial charge is 0.243 e. The van der Waals surface area contributed by atoms with Crippen molar-refractivity contribution >= 4 is 33.8 Å². The SMILES string of the molecule is Cc1cc(Nc2cc(N[C@](C)(Cc3ccc(-n4ccnc4)cc3)C(N)=O)c(F)cc2C#N)sn1. The molecule has 2 aromatic heterocycles. The van der Waals surface area contributed by atoms with Crippen molar-refractivity contribution in [3.8, 4) is 11.8 Å². The zero-order chi connectivity index (χ0) is 24.3. The number of nitrogens with one attached hydrogen (secondary N) is 2. The van der Waals surface area contributed by atoms with Crippen molar-refractivity contribution in [2.45, 2.75) is 25.8 Å². The van der Waals surface area contributed by atoms with Gasteiger partial charge >= 0.3 is 0 Å². The largest absolute Gasteiger partial charge is 0.369 e. The lowest BCUT2D eigenvalue weighted by molar-refractivity contribution is -0.121. The number of primary amides is 1. The monoisotopic (exact) mass is 475 g/mol. The number of amides is 1. The van der Waals surface area contributed by atoms with Gasteiger partial charge in [0.05, 0.1) is 29.0 Å². The van der Waals surface area contributed by atoms with Gasteiger partial charge in [0.15, 0.2) is 0 Å². The van der Waals surface area contributed by atoms with Crippen LogP contribution >= 0.6 is 11.5 Å². The normalized spacial score (nSPS) is 12.5. The van der Waals surface area contributed by atoms with E-state index in [1.54, 1.807) is 19.4 Å². The van der Waals surface area contributed by atoms with E-state index in [0.29, 0.717) is 10.7 Å². The molecule has 0 saturated carbocycles. The van der Waals surface area contributed by atoms with Gasteiger partial charge in [-0.25, -0.2) is 9.37 Å². The zero-order valence-electron chi connectivity index (χ0n) is 18.5. The molecule has 0 aliphatic rings. The Morgan fingerprint density at radius 1 is 1.26 bits per heavy atom. The van der Waals surface area contributed by atoms with Gasteiger partial charge in [0.2, 0.25) is 5.91 Å². The average molecular weight is 476 g/mol. The standard InChI is InChI=1S/C24H22FN7OS/c1-15-9-22(34-31-15)29-20-11-21(19(25)10-17(20)13-26)30-24(2,23(27)33)12-16-3-5-18(6-4-16)32-8-7-28-14-32/h3-11,14,29-30H,12H2,1-2H3,(H2,27,33)/t24-/m1/s1. The van der Waals surface area contributed by atoms with Crippen LogP contribution < -0.4 is 16.4 Å². The van der Waals surface area contributed by atoms with E-state index in [1.807, 2.05) is 54.1 Å². The lowest BCUT2D eigenvalue weighted by atomic mass is 9.91. The number of hydrogen-bond acceptors (Lipinski definition) is 7. The van der Waals surface area contributed by atoms with Crippen molar-refractivity contribution in [2.75, 3.05) is 10.6 Å². The molecule has 34 heavy (non-hydrogen) atoms. The molecule has 0 saturated heterocycles.